The predicted octanol–water partition coefficient (Wildman–Crippen LogP) is 4.28. The first-order valence-electron chi connectivity index (χ1n) is 8.76. The van der Waals surface area contributed by atoms with Crippen molar-refractivity contribution in [3.63, 3.8) is 0 Å². The van der Waals surface area contributed by atoms with E-state index in [0.29, 0.717) is 10.8 Å². The molecule has 0 fully saturated rings. The van der Waals surface area contributed by atoms with E-state index in [1.807, 2.05) is 38.3 Å². The molecule has 1 aromatic carbocycles. The zero-order chi connectivity index (χ0) is 20.4. The molecule has 7 heteroatoms. The van der Waals surface area contributed by atoms with Crippen molar-refractivity contribution in [2.24, 2.45) is 0 Å². The van der Waals surface area contributed by atoms with E-state index in [0.717, 1.165) is 23.2 Å². The van der Waals surface area contributed by atoms with E-state index in [2.05, 4.69) is 10.6 Å². The Labute approximate surface area is 166 Å². The fraction of sp³-hybridized carbons (Fsp3) is 0.450. The molecule has 6 nitrogen and oxygen atoms in total. The molecule has 0 aliphatic carbocycles. The van der Waals surface area contributed by atoms with Crippen molar-refractivity contribution in [3.8, 4) is 5.75 Å². The number of allylic oxidation sites excluding steroid dienone is 3. The number of anilines is 1. The van der Waals surface area contributed by atoms with Crippen LogP contribution < -0.4 is 15.4 Å². The third-order valence-corrected chi connectivity index (χ3v) is 4.14. The number of hydrogen-bond donors (Lipinski definition) is 3. The van der Waals surface area contributed by atoms with Crippen molar-refractivity contribution in [1.82, 2.24) is 5.32 Å². The smallest absolute Gasteiger partial charge is 0.409 e. The Morgan fingerprint density at radius 2 is 2.11 bits per heavy atom. The second-order valence-corrected chi connectivity index (χ2v) is 6.73. The number of ether oxygens (including phenoxy) is 2. The summed E-state index contributed by atoms with van der Waals surface area (Å²) in [5.74, 6) is 0.628. The summed E-state index contributed by atoms with van der Waals surface area (Å²) in [6, 6.07) is 3.90. The first-order chi connectivity index (χ1) is 12.7. The van der Waals surface area contributed by atoms with Gasteiger partial charge in [-0.2, -0.15) is 0 Å². The molecule has 0 unspecified atom stereocenters. The molecule has 0 heterocycles. The number of rotatable bonds is 9. The lowest BCUT2D eigenvalue weighted by Gasteiger charge is -2.22. The van der Waals surface area contributed by atoms with Gasteiger partial charge in [0.2, 0.25) is 0 Å². The monoisotopic (exact) mass is 396 g/mol. The summed E-state index contributed by atoms with van der Waals surface area (Å²) < 4.78 is 10.1. The molecule has 0 saturated heterocycles. The van der Waals surface area contributed by atoms with Crippen LogP contribution in [0, 0.1) is 0 Å². The van der Waals surface area contributed by atoms with Crippen LogP contribution in [-0.2, 0) is 11.2 Å². The van der Waals surface area contributed by atoms with Gasteiger partial charge in [0.15, 0.2) is 0 Å². The van der Waals surface area contributed by atoms with E-state index >= 15 is 0 Å². The van der Waals surface area contributed by atoms with Crippen molar-refractivity contribution in [2.75, 3.05) is 26.1 Å². The van der Waals surface area contributed by atoms with Gasteiger partial charge in [0.25, 0.3) is 0 Å². The molecule has 0 radical (unpaired) electrons. The third-order valence-electron chi connectivity index (χ3n) is 3.75. The molecule has 1 amide bonds. The topological polar surface area (TPSA) is 79.8 Å². The van der Waals surface area contributed by atoms with Gasteiger partial charge >= 0.3 is 6.09 Å². The minimum atomic E-state index is -1.37. The average Bonchev–Trinajstić information content (AvgIpc) is 2.59. The highest BCUT2D eigenvalue weighted by Crippen LogP contribution is 2.34. The largest absolute Gasteiger partial charge is 0.495 e. The van der Waals surface area contributed by atoms with Crippen LogP contribution in [0.2, 0.25) is 5.02 Å². The van der Waals surface area contributed by atoms with Gasteiger partial charge in [-0.05, 0) is 44.9 Å². The van der Waals surface area contributed by atoms with E-state index in [1.165, 1.54) is 6.92 Å². The molecule has 0 saturated carbocycles. The van der Waals surface area contributed by atoms with Crippen LogP contribution >= 0.6 is 11.6 Å². The molecule has 0 bridgehead atoms. The van der Waals surface area contributed by atoms with Gasteiger partial charge in [-0.15, -0.1) is 0 Å². The molecular weight excluding hydrogens is 368 g/mol. The van der Waals surface area contributed by atoms with Crippen molar-refractivity contribution in [3.05, 3.63) is 46.5 Å². The second kappa shape index (κ2) is 10.8. The average molecular weight is 397 g/mol. The molecular formula is C20H29ClN2O4. The Hall–Kier alpha value is -2.18. The van der Waals surface area contributed by atoms with E-state index in [-0.39, 0.29) is 13.0 Å². The molecule has 0 aliphatic heterocycles. The number of amides is 1. The number of hydrogen-bond acceptors (Lipinski definition) is 5. The summed E-state index contributed by atoms with van der Waals surface area (Å²) in [5, 5.41) is 16.2. The number of aliphatic hydroxyl groups is 1. The zero-order valence-corrected chi connectivity index (χ0v) is 17.3. The Morgan fingerprint density at radius 1 is 1.41 bits per heavy atom. The number of nitrogens with one attached hydrogen (secondary N) is 2. The zero-order valence-electron chi connectivity index (χ0n) is 16.6. The SMILES string of the molecule is CCOC(=O)N[C@@](C)(O)C/C=C/C=C(\C)Cc1cc(NC)c(Cl)c(OC)c1. The summed E-state index contributed by atoms with van der Waals surface area (Å²) in [4.78, 5) is 11.4. The van der Waals surface area contributed by atoms with E-state index in [9.17, 15) is 9.90 Å². The normalized spacial score (nSPS) is 14.0. The Bertz CT molecular complexity index is 674. The summed E-state index contributed by atoms with van der Waals surface area (Å²) >= 11 is 6.24. The fourth-order valence-electron chi connectivity index (χ4n) is 2.44. The number of carbonyl (C=O) groups is 1. The van der Waals surface area contributed by atoms with Gasteiger partial charge in [-0.25, -0.2) is 4.79 Å². The van der Waals surface area contributed by atoms with Gasteiger partial charge < -0.3 is 19.9 Å². The Kier molecular flexibility index (Phi) is 9.18. The maximum absolute atomic E-state index is 11.4. The quantitative estimate of drug-likeness (QED) is 0.429. The number of alkyl carbamates (subject to hydrolysis) is 1. The number of benzene rings is 1. The molecule has 0 spiro atoms. The highest BCUT2D eigenvalue weighted by molar-refractivity contribution is 6.34. The summed E-state index contributed by atoms with van der Waals surface area (Å²) in [6.07, 6.45) is 5.94. The predicted molar refractivity (Wildman–Crippen MR) is 110 cm³/mol. The highest BCUT2D eigenvalue weighted by atomic mass is 35.5. The molecule has 1 aromatic rings. The maximum Gasteiger partial charge on any atom is 0.409 e. The maximum atomic E-state index is 11.4. The van der Waals surface area contributed by atoms with Crippen LogP contribution in [0.4, 0.5) is 10.5 Å². The molecule has 27 heavy (non-hydrogen) atoms. The van der Waals surface area contributed by atoms with Crippen molar-refractivity contribution >= 4 is 23.4 Å². The van der Waals surface area contributed by atoms with E-state index < -0.39 is 11.8 Å². The fourth-order valence-corrected chi connectivity index (χ4v) is 2.72. The number of carbonyl (C=O) groups excluding carboxylic acids is 1. The lowest BCUT2D eigenvalue weighted by molar-refractivity contribution is 0.0235. The minimum Gasteiger partial charge on any atom is -0.495 e. The molecule has 0 aliphatic rings. The third kappa shape index (κ3) is 7.93. The van der Waals surface area contributed by atoms with Crippen molar-refractivity contribution in [2.45, 2.75) is 39.3 Å². The van der Waals surface area contributed by atoms with Gasteiger partial charge in [0.05, 0.1) is 19.4 Å². The molecule has 3 N–H and O–H groups in total. The summed E-state index contributed by atoms with van der Waals surface area (Å²) in [6.45, 7) is 5.49. The van der Waals surface area contributed by atoms with Crippen LogP contribution in [0.25, 0.3) is 0 Å². The van der Waals surface area contributed by atoms with E-state index in [4.69, 9.17) is 21.1 Å². The molecule has 1 rings (SSSR count). The van der Waals surface area contributed by atoms with Crippen molar-refractivity contribution < 1.29 is 19.4 Å². The van der Waals surface area contributed by atoms with Gasteiger partial charge in [0, 0.05) is 13.5 Å². The Morgan fingerprint density at radius 3 is 2.70 bits per heavy atom. The van der Waals surface area contributed by atoms with Crippen LogP contribution in [-0.4, -0.2) is 37.7 Å². The van der Waals surface area contributed by atoms with Crippen LogP contribution in [0.15, 0.2) is 35.9 Å². The Balaban J connectivity index is 2.70. The van der Waals surface area contributed by atoms with Crippen molar-refractivity contribution in [1.29, 1.82) is 0 Å². The van der Waals surface area contributed by atoms with Gasteiger partial charge in [-0.1, -0.05) is 35.4 Å². The van der Waals surface area contributed by atoms with Gasteiger partial charge in [-0.3, -0.25) is 5.32 Å². The van der Waals surface area contributed by atoms with Gasteiger partial charge in [0.1, 0.15) is 16.5 Å². The highest BCUT2D eigenvalue weighted by Gasteiger charge is 2.21. The summed E-state index contributed by atoms with van der Waals surface area (Å²) in [5.41, 5.74) is 1.64. The number of halogens is 1. The van der Waals surface area contributed by atoms with Crippen LogP contribution in [0.3, 0.4) is 0 Å². The molecule has 1 atom stereocenters. The first-order valence-corrected chi connectivity index (χ1v) is 9.14. The lowest BCUT2D eigenvalue weighted by Crippen LogP contribution is -2.45. The minimum absolute atomic E-state index is 0.254. The first kappa shape index (κ1) is 22.9. The molecule has 0 aromatic heterocycles. The second-order valence-electron chi connectivity index (χ2n) is 6.35. The molecule has 150 valence electrons. The van der Waals surface area contributed by atoms with Crippen LogP contribution in [0.1, 0.15) is 32.8 Å². The summed E-state index contributed by atoms with van der Waals surface area (Å²) in [7, 11) is 3.40. The van der Waals surface area contributed by atoms with E-state index in [1.54, 1.807) is 20.1 Å². The number of methoxy groups -OCH3 is 1. The standard InChI is InChI=1S/C20H29ClN2O4/c1-6-27-19(24)23-20(3,25)10-8-7-9-14(2)11-15-12-16(22-4)18(21)17(13-15)26-5/h7-9,12-13,22,25H,6,10-11H2,1-5H3,(H,23,24)/b8-7+,14-9+/t20-/m0/s1. The lowest BCUT2D eigenvalue weighted by atomic mass is 10.0. The van der Waals surface area contributed by atoms with Crippen LogP contribution in [0.5, 0.6) is 5.75 Å².